The van der Waals surface area contributed by atoms with Gasteiger partial charge in [-0.1, -0.05) is 57.4 Å². The van der Waals surface area contributed by atoms with E-state index in [2.05, 4.69) is 52.0 Å². The summed E-state index contributed by atoms with van der Waals surface area (Å²) < 4.78 is 79.8. The molecule has 3 nitrogen and oxygen atoms in total. The molecule has 2 aromatic carbocycles. The van der Waals surface area contributed by atoms with Crippen LogP contribution < -0.4 is 10.6 Å². The summed E-state index contributed by atoms with van der Waals surface area (Å²) in [4.78, 5) is 4.42. The lowest BCUT2D eigenvalue weighted by molar-refractivity contribution is -0.143. The maximum atomic E-state index is 13.3. The predicted octanol–water partition coefficient (Wildman–Crippen LogP) is 11.0. The van der Waals surface area contributed by atoms with E-state index >= 15 is 0 Å². The maximum absolute atomic E-state index is 13.3. The second kappa shape index (κ2) is 14.6. The molecule has 0 aromatic heterocycles. The topological polar surface area (TPSA) is 36.4 Å². The van der Waals surface area contributed by atoms with E-state index < -0.39 is 23.5 Å². The molecule has 0 saturated heterocycles. The highest BCUT2D eigenvalue weighted by molar-refractivity contribution is 5.94. The smallest absolute Gasteiger partial charge is 0.382 e. The van der Waals surface area contributed by atoms with Gasteiger partial charge in [-0.25, -0.2) is 4.99 Å². The maximum Gasteiger partial charge on any atom is 0.416 e. The van der Waals surface area contributed by atoms with Gasteiger partial charge in [-0.15, -0.1) is 0 Å². The summed E-state index contributed by atoms with van der Waals surface area (Å²) in [6.45, 7) is 7.49. The number of benzene rings is 2. The summed E-state index contributed by atoms with van der Waals surface area (Å²) >= 11 is 0. The summed E-state index contributed by atoms with van der Waals surface area (Å²) in [5.74, 6) is 0.145. The monoisotopic (exact) mass is 591 g/mol. The minimum Gasteiger partial charge on any atom is -0.382 e. The van der Waals surface area contributed by atoms with Crippen LogP contribution in [0.5, 0.6) is 0 Å². The highest BCUT2D eigenvalue weighted by Gasteiger charge is 2.37. The average Bonchev–Trinajstić information content (AvgIpc) is 2.92. The normalized spacial score (nSPS) is 16.5. The molecule has 42 heavy (non-hydrogen) atoms. The van der Waals surface area contributed by atoms with Crippen LogP contribution in [0.4, 0.5) is 37.7 Å². The first-order valence-corrected chi connectivity index (χ1v) is 14.4. The van der Waals surface area contributed by atoms with E-state index in [1.807, 2.05) is 20.8 Å². The molecule has 0 atom stereocenters. The Labute approximate surface area is 244 Å². The molecule has 1 aliphatic carbocycles. The summed E-state index contributed by atoms with van der Waals surface area (Å²) in [6.07, 6.45) is 3.50. The zero-order valence-electron chi connectivity index (χ0n) is 24.5. The van der Waals surface area contributed by atoms with Crippen LogP contribution in [0.2, 0.25) is 0 Å². The number of anilines is 2. The number of hydrogen-bond acceptors (Lipinski definition) is 2. The number of rotatable bonds is 9. The van der Waals surface area contributed by atoms with Crippen LogP contribution in [-0.4, -0.2) is 11.9 Å². The fourth-order valence-corrected chi connectivity index (χ4v) is 5.05. The van der Waals surface area contributed by atoms with E-state index in [-0.39, 0.29) is 17.6 Å². The van der Waals surface area contributed by atoms with Crippen LogP contribution in [0.1, 0.15) is 89.3 Å². The quantitative estimate of drug-likeness (QED) is 0.132. The first kappa shape index (κ1) is 33.0. The third-order valence-electron chi connectivity index (χ3n) is 7.11. The molecule has 0 unspecified atom stereocenters. The molecule has 1 fully saturated rings. The Balaban J connectivity index is 1.94. The molecule has 9 heteroatoms. The van der Waals surface area contributed by atoms with E-state index in [1.165, 1.54) is 39.0 Å². The second-order valence-corrected chi connectivity index (χ2v) is 10.6. The Hall–Kier alpha value is -3.49. The van der Waals surface area contributed by atoms with Crippen LogP contribution in [0.25, 0.3) is 5.57 Å². The number of nitrogens with one attached hydrogen (secondary N) is 2. The molecule has 0 aliphatic heterocycles. The number of hydrogen-bond donors (Lipinski definition) is 2. The number of amidine groups is 1. The van der Waals surface area contributed by atoms with Crippen molar-refractivity contribution in [2.45, 2.75) is 91.0 Å². The molecule has 1 aliphatic rings. The number of alkyl halides is 6. The van der Waals surface area contributed by atoms with Crippen LogP contribution in [0, 0.1) is 0 Å². The van der Waals surface area contributed by atoms with Crippen LogP contribution in [-0.2, 0) is 12.4 Å². The Morgan fingerprint density at radius 2 is 1.38 bits per heavy atom. The van der Waals surface area contributed by atoms with E-state index in [0.29, 0.717) is 18.2 Å². The van der Waals surface area contributed by atoms with Gasteiger partial charge >= 0.3 is 12.4 Å². The van der Waals surface area contributed by atoms with Crippen molar-refractivity contribution in [1.82, 2.24) is 0 Å². The number of halogens is 6. The molecule has 0 amide bonds. The number of aliphatic imine (C=N–C) groups is 1. The summed E-state index contributed by atoms with van der Waals surface area (Å²) in [6, 6.07) is 10.1. The summed E-state index contributed by atoms with van der Waals surface area (Å²) in [5.41, 5.74) is 1.63. The highest BCUT2D eigenvalue weighted by atomic mass is 19.4. The molecule has 3 rings (SSSR count). The van der Waals surface area contributed by atoms with Crippen molar-refractivity contribution in [3.8, 4) is 0 Å². The van der Waals surface area contributed by atoms with Crippen LogP contribution >= 0.6 is 0 Å². The zero-order chi connectivity index (χ0) is 30.9. The zero-order valence-corrected chi connectivity index (χ0v) is 24.5. The van der Waals surface area contributed by atoms with Gasteiger partial charge in [0.25, 0.3) is 0 Å². The first-order chi connectivity index (χ1) is 19.8. The van der Waals surface area contributed by atoms with E-state index in [1.54, 1.807) is 6.20 Å². The average molecular weight is 592 g/mol. The Morgan fingerprint density at radius 3 is 1.90 bits per heavy atom. The van der Waals surface area contributed by atoms with Gasteiger partial charge in [0.05, 0.1) is 11.1 Å². The van der Waals surface area contributed by atoms with E-state index in [4.69, 9.17) is 0 Å². The van der Waals surface area contributed by atoms with E-state index in [0.717, 1.165) is 40.8 Å². The van der Waals surface area contributed by atoms with Crippen LogP contribution in [0.3, 0.4) is 0 Å². The van der Waals surface area contributed by atoms with Gasteiger partial charge in [0.2, 0.25) is 0 Å². The van der Waals surface area contributed by atoms with Crippen molar-refractivity contribution >= 4 is 22.8 Å². The molecule has 0 heterocycles. The fourth-order valence-electron chi connectivity index (χ4n) is 5.05. The lowest BCUT2D eigenvalue weighted by Crippen LogP contribution is -2.22. The Bertz CT molecular complexity index is 1280. The van der Waals surface area contributed by atoms with Crippen LogP contribution in [0.15, 0.2) is 77.0 Å². The molecule has 2 N–H and O–H groups in total. The SMILES string of the molecule is CC\C=C(C(=C/N=C(C)Nc1cc(C(F)(F)F)cc(C(F)(F)F)c1)/C(C)=C/CC)\c1ccc(NC2CCCCC2)cc1. The summed E-state index contributed by atoms with van der Waals surface area (Å²) in [7, 11) is 0. The molecular weight excluding hydrogens is 552 g/mol. The molecule has 1 saturated carbocycles. The third-order valence-corrected chi connectivity index (χ3v) is 7.11. The third kappa shape index (κ3) is 9.53. The minimum atomic E-state index is -4.93. The van der Waals surface area contributed by atoms with Gasteiger partial charge in [-0.05, 0) is 86.6 Å². The number of allylic oxidation sites excluding steroid dienone is 5. The van der Waals surface area contributed by atoms with Gasteiger partial charge in [0, 0.05) is 29.2 Å². The highest BCUT2D eigenvalue weighted by Crippen LogP contribution is 2.38. The van der Waals surface area contributed by atoms with Crippen molar-refractivity contribution < 1.29 is 26.3 Å². The Kier molecular flexibility index (Phi) is 11.5. The van der Waals surface area contributed by atoms with Gasteiger partial charge in [-0.2, -0.15) is 26.3 Å². The van der Waals surface area contributed by atoms with Gasteiger partial charge in [0.15, 0.2) is 0 Å². The summed E-state index contributed by atoms with van der Waals surface area (Å²) in [5, 5.41) is 6.23. The van der Waals surface area contributed by atoms with Crippen molar-refractivity contribution in [3.05, 3.63) is 88.7 Å². The molecule has 0 bridgehead atoms. The second-order valence-electron chi connectivity index (χ2n) is 10.6. The predicted molar refractivity (Wildman–Crippen MR) is 161 cm³/mol. The van der Waals surface area contributed by atoms with Gasteiger partial charge in [0.1, 0.15) is 5.84 Å². The van der Waals surface area contributed by atoms with Crippen molar-refractivity contribution in [3.63, 3.8) is 0 Å². The van der Waals surface area contributed by atoms with Crippen molar-refractivity contribution in [2.75, 3.05) is 10.6 Å². The van der Waals surface area contributed by atoms with E-state index in [9.17, 15) is 26.3 Å². The minimum absolute atomic E-state index is 0.104. The molecular formula is C33H39F6N3. The largest absolute Gasteiger partial charge is 0.416 e. The van der Waals surface area contributed by atoms with Crippen molar-refractivity contribution in [1.29, 1.82) is 0 Å². The lowest BCUT2D eigenvalue weighted by atomic mass is 9.91. The standard InChI is InChI=1S/C33H39F6N3/c1-5-10-22(3)31(30(11-6-2)24-14-16-28(17-15-24)42-27-12-8-7-9-13-27)21-40-23(4)41-29-19-25(32(34,35)36)18-26(20-29)33(37,38)39/h10-11,14-21,27,42H,5-9,12-13H2,1-4H3,(H,40,41)/b22-10+,30-11-,31-21+. The molecule has 0 spiro atoms. The lowest BCUT2D eigenvalue weighted by Gasteiger charge is -2.24. The van der Waals surface area contributed by atoms with Gasteiger partial charge in [-0.3, -0.25) is 0 Å². The number of nitrogens with zero attached hydrogens (tertiary/aromatic N) is 1. The fraction of sp³-hybridized carbons (Fsp3) is 0.424. The molecule has 228 valence electrons. The molecule has 2 aromatic rings. The first-order valence-electron chi connectivity index (χ1n) is 14.4. The Morgan fingerprint density at radius 1 is 0.810 bits per heavy atom. The van der Waals surface area contributed by atoms with Crippen molar-refractivity contribution in [2.24, 2.45) is 4.99 Å². The van der Waals surface area contributed by atoms with Gasteiger partial charge < -0.3 is 10.6 Å². The molecule has 0 radical (unpaired) electrons.